The Morgan fingerprint density at radius 1 is 1.37 bits per heavy atom. The Kier molecular flexibility index (Phi) is 4.75. The highest BCUT2D eigenvalue weighted by Crippen LogP contribution is 2.25. The van der Waals surface area contributed by atoms with E-state index >= 15 is 0 Å². The third kappa shape index (κ3) is 5.16. The summed E-state index contributed by atoms with van der Waals surface area (Å²) in [5.74, 6) is 0.421. The van der Waals surface area contributed by atoms with Gasteiger partial charge in [-0.25, -0.2) is 0 Å². The van der Waals surface area contributed by atoms with Crippen LogP contribution in [0.1, 0.15) is 51.2 Å². The fourth-order valence-corrected chi connectivity index (χ4v) is 1.96. The summed E-state index contributed by atoms with van der Waals surface area (Å²) in [5, 5.41) is 11.6. The first kappa shape index (κ1) is 15.3. The van der Waals surface area contributed by atoms with Crippen molar-refractivity contribution in [1.29, 1.82) is 0 Å². The third-order valence-electron chi connectivity index (χ3n) is 2.83. The van der Waals surface area contributed by atoms with Crippen molar-refractivity contribution in [3.05, 3.63) is 23.7 Å². The molecule has 0 aliphatic carbocycles. The quantitative estimate of drug-likeness (QED) is 0.830. The second kappa shape index (κ2) is 5.91. The van der Waals surface area contributed by atoms with Gasteiger partial charge in [0.05, 0.1) is 12.5 Å². The van der Waals surface area contributed by atoms with E-state index in [0.29, 0.717) is 5.76 Å². The van der Waals surface area contributed by atoms with Gasteiger partial charge in [-0.2, -0.15) is 0 Å². The second-order valence-corrected chi connectivity index (χ2v) is 5.65. The van der Waals surface area contributed by atoms with Crippen LogP contribution in [0.5, 0.6) is 0 Å². The van der Waals surface area contributed by atoms with Crippen LogP contribution < -0.4 is 5.32 Å². The van der Waals surface area contributed by atoms with Gasteiger partial charge in [-0.05, 0) is 31.4 Å². The van der Waals surface area contributed by atoms with Crippen molar-refractivity contribution < 1.29 is 19.1 Å². The zero-order valence-electron chi connectivity index (χ0n) is 11.8. The number of carbonyl (C=O) groups excluding carboxylic acids is 1. The van der Waals surface area contributed by atoms with Gasteiger partial charge in [0.2, 0.25) is 5.91 Å². The highest BCUT2D eigenvalue weighted by molar-refractivity contribution is 5.78. The lowest BCUT2D eigenvalue weighted by Gasteiger charge is -2.22. The van der Waals surface area contributed by atoms with Crippen molar-refractivity contribution in [1.82, 2.24) is 5.32 Å². The molecule has 19 heavy (non-hydrogen) atoms. The van der Waals surface area contributed by atoms with Gasteiger partial charge in [-0.15, -0.1) is 0 Å². The number of carboxylic acid groups (broad SMARTS) is 1. The van der Waals surface area contributed by atoms with E-state index in [9.17, 15) is 9.59 Å². The number of hydrogen-bond donors (Lipinski definition) is 2. The zero-order valence-corrected chi connectivity index (χ0v) is 11.8. The Bertz CT molecular complexity index is 462. The van der Waals surface area contributed by atoms with Crippen LogP contribution in [0.15, 0.2) is 16.5 Å². The van der Waals surface area contributed by atoms with Crippen LogP contribution in [0.3, 0.4) is 0 Å². The molecule has 0 aliphatic rings. The first-order chi connectivity index (χ1) is 8.69. The number of rotatable bonds is 6. The van der Waals surface area contributed by atoms with Gasteiger partial charge in [-0.3, -0.25) is 9.59 Å². The van der Waals surface area contributed by atoms with E-state index < -0.39 is 11.4 Å². The molecule has 1 amide bonds. The topological polar surface area (TPSA) is 79.5 Å². The third-order valence-corrected chi connectivity index (χ3v) is 2.83. The fraction of sp³-hybridized carbons (Fsp3) is 0.571. The maximum absolute atomic E-state index is 11.9. The number of carbonyl (C=O) groups is 2. The molecule has 0 aliphatic heterocycles. The van der Waals surface area contributed by atoms with E-state index in [-0.39, 0.29) is 24.8 Å². The van der Waals surface area contributed by atoms with Crippen molar-refractivity contribution in [3.8, 4) is 0 Å². The van der Waals surface area contributed by atoms with Crippen LogP contribution in [0.25, 0.3) is 0 Å². The number of aliphatic carboxylic acids is 1. The van der Waals surface area contributed by atoms with Gasteiger partial charge < -0.3 is 14.8 Å². The molecule has 5 nitrogen and oxygen atoms in total. The molecule has 5 heteroatoms. The van der Waals surface area contributed by atoms with Gasteiger partial charge in [0.1, 0.15) is 11.5 Å². The molecule has 2 N–H and O–H groups in total. The summed E-state index contributed by atoms with van der Waals surface area (Å²) < 4.78 is 5.43. The summed E-state index contributed by atoms with van der Waals surface area (Å²) in [6.07, 6.45) is 0.137. The molecule has 0 bridgehead atoms. The molecule has 0 saturated carbocycles. The Morgan fingerprint density at radius 3 is 2.47 bits per heavy atom. The number of furan rings is 1. The molecule has 1 atom stereocenters. The Labute approximate surface area is 113 Å². The Balaban J connectivity index is 2.53. The maximum Gasteiger partial charge on any atom is 0.303 e. The molecule has 1 aromatic rings. The van der Waals surface area contributed by atoms with E-state index in [1.807, 2.05) is 26.0 Å². The Morgan fingerprint density at radius 2 is 2.00 bits per heavy atom. The highest BCUT2D eigenvalue weighted by Gasteiger charge is 2.26. The van der Waals surface area contributed by atoms with Crippen LogP contribution in [-0.2, 0) is 9.59 Å². The molecular formula is C14H21NO4. The van der Waals surface area contributed by atoms with E-state index in [1.54, 1.807) is 13.8 Å². The summed E-state index contributed by atoms with van der Waals surface area (Å²) in [6, 6.07) is 3.44. The molecular weight excluding hydrogens is 246 g/mol. The molecule has 0 radical (unpaired) electrons. The predicted molar refractivity (Wildman–Crippen MR) is 70.7 cm³/mol. The van der Waals surface area contributed by atoms with Crippen molar-refractivity contribution in [2.75, 3.05) is 0 Å². The smallest absolute Gasteiger partial charge is 0.303 e. The number of nitrogens with one attached hydrogen (secondary N) is 1. The van der Waals surface area contributed by atoms with Gasteiger partial charge in [0.15, 0.2) is 0 Å². The number of amides is 1. The van der Waals surface area contributed by atoms with E-state index in [4.69, 9.17) is 9.52 Å². The largest absolute Gasteiger partial charge is 0.481 e. The zero-order chi connectivity index (χ0) is 14.6. The molecule has 1 unspecified atom stereocenters. The van der Waals surface area contributed by atoms with Crippen molar-refractivity contribution >= 4 is 11.9 Å². The summed E-state index contributed by atoms with van der Waals surface area (Å²) in [4.78, 5) is 22.6. The monoisotopic (exact) mass is 267 g/mol. The lowest BCUT2D eigenvalue weighted by molar-refractivity contribution is -0.139. The summed E-state index contributed by atoms with van der Waals surface area (Å²) in [6.45, 7) is 7.21. The molecule has 0 aromatic carbocycles. The number of hydrogen-bond acceptors (Lipinski definition) is 3. The van der Waals surface area contributed by atoms with Gasteiger partial charge in [0.25, 0.3) is 0 Å². The first-order valence-corrected chi connectivity index (χ1v) is 6.27. The van der Waals surface area contributed by atoms with Crippen molar-refractivity contribution in [3.63, 3.8) is 0 Å². The highest BCUT2D eigenvalue weighted by atomic mass is 16.4. The average Bonchev–Trinajstić information content (AvgIpc) is 2.61. The second-order valence-electron chi connectivity index (χ2n) is 5.65. The van der Waals surface area contributed by atoms with E-state index in [1.165, 1.54) is 0 Å². The van der Waals surface area contributed by atoms with Crippen LogP contribution in [-0.4, -0.2) is 17.0 Å². The maximum atomic E-state index is 11.9. The van der Waals surface area contributed by atoms with Crippen LogP contribution in [0.4, 0.5) is 0 Å². The molecule has 106 valence electrons. The minimum Gasteiger partial charge on any atom is -0.481 e. The summed E-state index contributed by atoms with van der Waals surface area (Å²) in [5.41, 5.74) is -0.561. The summed E-state index contributed by atoms with van der Waals surface area (Å²) >= 11 is 0. The van der Waals surface area contributed by atoms with Gasteiger partial charge >= 0.3 is 5.97 Å². The molecule has 0 spiro atoms. The number of carboxylic acids is 1. The fourth-order valence-electron chi connectivity index (χ4n) is 1.96. The lowest BCUT2D eigenvalue weighted by atomic mass is 9.85. The Hall–Kier alpha value is -1.78. The van der Waals surface area contributed by atoms with Gasteiger partial charge in [0, 0.05) is 6.42 Å². The molecule has 1 rings (SSSR count). The minimum atomic E-state index is -0.896. The molecule has 0 fully saturated rings. The van der Waals surface area contributed by atoms with Crippen molar-refractivity contribution in [2.45, 2.75) is 46.6 Å². The predicted octanol–water partition coefficient (Wildman–Crippen LogP) is 2.66. The minimum absolute atomic E-state index is 0.0331. The van der Waals surface area contributed by atoms with Crippen LogP contribution in [0, 0.1) is 12.3 Å². The van der Waals surface area contributed by atoms with Crippen LogP contribution >= 0.6 is 0 Å². The van der Waals surface area contributed by atoms with Gasteiger partial charge in [-0.1, -0.05) is 13.8 Å². The normalized spacial score (nSPS) is 13.1. The average molecular weight is 267 g/mol. The molecule has 1 aromatic heterocycles. The van der Waals surface area contributed by atoms with E-state index in [2.05, 4.69) is 5.32 Å². The SMILES string of the molecule is Cc1ccc(C(C)NC(=O)CC(C)(C)CC(=O)O)o1. The molecule has 0 saturated heterocycles. The summed E-state index contributed by atoms with van der Waals surface area (Å²) in [7, 11) is 0. The lowest BCUT2D eigenvalue weighted by Crippen LogP contribution is -2.31. The number of aryl methyl sites for hydroxylation is 1. The molecule has 1 heterocycles. The van der Waals surface area contributed by atoms with E-state index in [0.717, 1.165) is 5.76 Å². The van der Waals surface area contributed by atoms with Crippen LogP contribution in [0.2, 0.25) is 0 Å². The van der Waals surface area contributed by atoms with Crippen molar-refractivity contribution in [2.24, 2.45) is 5.41 Å². The standard InChI is InChI=1S/C14H21NO4/c1-9-5-6-11(19-9)10(2)15-12(16)7-14(3,4)8-13(17)18/h5-6,10H,7-8H2,1-4H3,(H,15,16)(H,17,18). The first-order valence-electron chi connectivity index (χ1n) is 6.27.